The molecule has 0 aliphatic heterocycles. The second kappa shape index (κ2) is 13.7. The number of unbranched alkanes of at least 4 members (excludes halogenated alkanes) is 5. The van der Waals surface area contributed by atoms with Crippen molar-refractivity contribution in [1.82, 2.24) is 0 Å². The van der Waals surface area contributed by atoms with Crippen LogP contribution in [0.25, 0.3) is 0 Å². The van der Waals surface area contributed by atoms with Gasteiger partial charge in [-0.2, -0.15) is 0 Å². The van der Waals surface area contributed by atoms with Crippen molar-refractivity contribution in [2.24, 2.45) is 0 Å². The molecule has 15 heavy (non-hydrogen) atoms. The molecule has 0 aliphatic carbocycles. The molecule has 0 bridgehead atoms. The Hall–Kier alpha value is -0.340. The van der Waals surface area contributed by atoms with Gasteiger partial charge < -0.3 is 9.47 Å². The van der Waals surface area contributed by atoms with Gasteiger partial charge in [0, 0.05) is 6.61 Å². The molecule has 0 heterocycles. The Morgan fingerprint density at radius 3 is 2.27 bits per heavy atom. The number of hydrogen-bond acceptors (Lipinski definition) is 2. The van der Waals surface area contributed by atoms with Gasteiger partial charge in [0.05, 0.1) is 19.8 Å². The van der Waals surface area contributed by atoms with E-state index in [-0.39, 0.29) is 0 Å². The van der Waals surface area contributed by atoms with E-state index in [0.29, 0.717) is 19.8 Å². The summed E-state index contributed by atoms with van der Waals surface area (Å²) in [5.74, 6) is 0. The molecule has 0 N–H and O–H groups in total. The fourth-order valence-corrected chi connectivity index (χ4v) is 1.37. The van der Waals surface area contributed by atoms with Gasteiger partial charge in [0.1, 0.15) is 0 Å². The molecule has 2 nitrogen and oxygen atoms in total. The van der Waals surface area contributed by atoms with E-state index in [1.54, 1.807) is 6.08 Å². The first-order chi connectivity index (χ1) is 7.41. The summed E-state index contributed by atoms with van der Waals surface area (Å²) in [6, 6.07) is 0. The van der Waals surface area contributed by atoms with Crippen LogP contribution >= 0.6 is 0 Å². The fraction of sp³-hybridized carbons (Fsp3) is 0.846. The third-order valence-electron chi connectivity index (χ3n) is 2.25. The predicted molar refractivity (Wildman–Crippen MR) is 65.2 cm³/mol. The van der Waals surface area contributed by atoms with Crippen molar-refractivity contribution in [2.75, 3.05) is 26.4 Å². The highest BCUT2D eigenvalue weighted by molar-refractivity contribution is 4.63. The minimum atomic E-state index is 0.625. The topological polar surface area (TPSA) is 18.5 Å². The van der Waals surface area contributed by atoms with Crippen molar-refractivity contribution in [3.05, 3.63) is 12.7 Å². The molecule has 0 aromatic rings. The Balaban J connectivity index is 2.83. The number of rotatable bonds is 12. The summed E-state index contributed by atoms with van der Waals surface area (Å²) in [5, 5.41) is 0. The third kappa shape index (κ3) is 13.7. The molecule has 0 amide bonds. The molecule has 90 valence electrons. The van der Waals surface area contributed by atoms with Gasteiger partial charge in [0.2, 0.25) is 0 Å². The maximum atomic E-state index is 5.43. The van der Waals surface area contributed by atoms with Crippen molar-refractivity contribution in [3.63, 3.8) is 0 Å². The summed E-state index contributed by atoms with van der Waals surface area (Å²) in [6.45, 7) is 8.72. The summed E-state index contributed by atoms with van der Waals surface area (Å²) in [5.41, 5.74) is 0. The molecule has 0 aromatic carbocycles. The van der Waals surface area contributed by atoms with Crippen LogP contribution in [-0.4, -0.2) is 26.4 Å². The van der Waals surface area contributed by atoms with Gasteiger partial charge in [-0.1, -0.05) is 45.1 Å². The van der Waals surface area contributed by atoms with Crippen LogP contribution in [0.2, 0.25) is 0 Å². The molecule has 0 atom stereocenters. The minimum Gasteiger partial charge on any atom is -0.379 e. The van der Waals surface area contributed by atoms with Crippen molar-refractivity contribution < 1.29 is 9.47 Å². The molecular formula is C13H26O2. The SMILES string of the molecule is C=CCOCCOCCCCCCCC. The molecule has 0 aromatic heterocycles. The van der Waals surface area contributed by atoms with E-state index in [9.17, 15) is 0 Å². The number of hydrogen-bond donors (Lipinski definition) is 0. The molecule has 0 spiro atoms. The van der Waals surface area contributed by atoms with Crippen LogP contribution in [0.3, 0.4) is 0 Å². The van der Waals surface area contributed by atoms with Gasteiger partial charge in [0.25, 0.3) is 0 Å². The fourth-order valence-electron chi connectivity index (χ4n) is 1.37. The lowest BCUT2D eigenvalue weighted by Gasteiger charge is -2.04. The first-order valence-corrected chi connectivity index (χ1v) is 6.18. The van der Waals surface area contributed by atoms with E-state index < -0.39 is 0 Å². The molecular weight excluding hydrogens is 188 g/mol. The van der Waals surface area contributed by atoms with E-state index in [1.165, 1.54) is 38.5 Å². The summed E-state index contributed by atoms with van der Waals surface area (Å²) >= 11 is 0. The molecule has 0 saturated carbocycles. The van der Waals surface area contributed by atoms with Crippen molar-refractivity contribution in [2.45, 2.75) is 45.4 Å². The molecule has 0 fully saturated rings. The normalized spacial score (nSPS) is 10.5. The van der Waals surface area contributed by atoms with Gasteiger partial charge in [-0.05, 0) is 6.42 Å². The zero-order chi connectivity index (χ0) is 11.2. The Morgan fingerprint density at radius 2 is 1.53 bits per heavy atom. The smallest absolute Gasteiger partial charge is 0.0704 e. The molecule has 0 unspecified atom stereocenters. The van der Waals surface area contributed by atoms with Crippen molar-refractivity contribution >= 4 is 0 Å². The molecule has 0 saturated heterocycles. The van der Waals surface area contributed by atoms with E-state index >= 15 is 0 Å². The lowest BCUT2D eigenvalue weighted by molar-refractivity contribution is 0.0567. The Bertz CT molecular complexity index is 124. The molecule has 0 radical (unpaired) electrons. The van der Waals surface area contributed by atoms with Crippen LogP contribution in [0.4, 0.5) is 0 Å². The van der Waals surface area contributed by atoms with Crippen LogP contribution < -0.4 is 0 Å². The van der Waals surface area contributed by atoms with Gasteiger partial charge in [0.15, 0.2) is 0 Å². The van der Waals surface area contributed by atoms with Crippen LogP contribution in [0, 0.1) is 0 Å². The number of ether oxygens (including phenoxy) is 2. The monoisotopic (exact) mass is 214 g/mol. The van der Waals surface area contributed by atoms with Crippen LogP contribution in [0.1, 0.15) is 45.4 Å². The average Bonchev–Trinajstić information content (AvgIpc) is 2.26. The summed E-state index contributed by atoms with van der Waals surface area (Å²) in [6.07, 6.45) is 9.66. The average molecular weight is 214 g/mol. The van der Waals surface area contributed by atoms with E-state index in [2.05, 4.69) is 13.5 Å². The first-order valence-electron chi connectivity index (χ1n) is 6.18. The third-order valence-corrected chi connectivity index (χ3v) is 2.25. The van der Waals surface area contributed by atoms with Crippen LogP contribution in [0.5, 0.6) is 0 Å². The predicted octanol–water partition coefficient (Wildman–Crippen LogP) is 3.57. The van der Waals surface area contributed by atoms with Crippen LogP contribution in [-0.2, 0) is 9.47 Å². The van der Waals surface area contributed by atoms with Gasteiger partial charge in [-0.3, -0.25) is 0 Å². The largest absolute Gasteiger partial charge is 0.379 e. The summed E-state index contributed by atoms with van der Waals surface area (Å²) in [4.78, 5) is 0. The first kappa shape index (κ1) is 14.7. The van der Waals surface area contributed by atoms with Crippen LogP contribution in [0.15, 0.2) is 12.7 Å². The molecule has 0 aliphatic rings. The quantitative estimate of drug-likeness (QED) is 0.365. The van der Waals surface area contributed by atoms with Crippen molar-refractivity contribution in [3.8, 4) is 0 Å². The Morgan fingerprint density at radius 1 is 0.867 bits per heavy atom. The summed E-state index contributed by atoms with van der Waals surface area (Å²) in [7, 11) is 0. The molecule has 2 heteroatoms. The van der Waals surface area contributed by atoms with Gasteiger partial charge in [-0.25, -0.2) is 0 Å². The Kier molecular flexibility index (Phi) is 13.4. The lowest BCUT2D eigenvalue weighted by Crippen LogP contribution is -2.05. The van der Waals surface area contributed by atoms with E-state index in [1.807, 2.05) is 0 Å². The highest BCUT2D eigenvalue weighted by atomic mass is 16.5. The maximum Gasteiger partial charge on any atom is 0.0704 e. The lowest BCUT2D eigenvalue weighted by atomic mass is 10.1. The summed E-state index contributed by atoms with van der Waals surface area (Å²) < 4.78 is 10.6. The second-order valence-electron chi connectivity index (χ2n) is 3.74. The zero-order valence-corrected chi connectivity index (χ0v) is 10.2. The van der Waals surface area contributed by atoms with E-state index in [4.69, 9.17) is 9.47 Å². The molecule has 0 rings (SSSR count). The Labute approximate surface area is 94.7 Å². The highest BCUT2D eigenvalue weighted by Gasteiger charge is 1.91. The van der Waals surface area contributed by atoms with Gasteiger partial charge >= 0.3 is 0 Å². The minimum absolute atomic E-state index is 0.625. The second-order valence-corrected chi connectivity index (χ2v) is 3.74. The highest BCUT2D eigenvalue weighted by Crippen LogP contribution is 2.04. The zero-order valence-electron chi connectivity index (χ0n) is 10.2. The standard InChI is InChI=1S/C13H26O2/c1-3-5-6-7-8-9-11-15-13-12-14-10-4-2/h4H,2-3,5-13H2,1H3. The van der Waals surface area contributed by atoms with E-state index in [0.717, 1.165) is 6.61 Å². The van der Waals surface area contributed by atoms with Gasteiger partial charge in [-0.15, -0.1) is 6.58 Å². The maximum absolute atomic E-state index is 5.43. The van der Waals surface area contributed by atoms with Crippen molar-refractivity contribution in [1.29, 1.82) is 0 Å².